The maximum atomic E-state index is 6.20. The van der Waals surface area contributed by atoms with Crippen molar-refractivity contribution in [2.24, 2.45) is 0 Å². The molecule has 0 aliphatic heterocycles. The lowest BCUT2D eigenvalue weighted by atomic mass is 10.1. The molecule has 0 spiro atoms. The maximum Gasteiger partial charge on any atom is 0.192 e. The normalized spacial score (nSPS) is 12.8. The molecule has 0 saturated heterocycles. The third-order valence-electron chi connectivity index (χ3n) is 7.85. The Kier molecular flexibility index (Phi) is 10.7. The van der Waals surface area contributed by atoms with Crippen LogP contribution in [0.1, 0.15) is 63.8 Å². The Bertz CT molecular complexity index is 994. The number of hydrogen-bond donors (Lipinski definition) is 2. The van der Waals surface area contributed by atoms with E-state index in [1.54, 1.807) is 0 Å². The predicted octanol–water partition coefficient (Wildman–Crippen LogP) is 8.85. The standard InChI is InChI=1S/C14H24ClNOSi.C14H25NOSi/c1-10-11(7-8-12(15)13(10)16)9-17-18(5,6)14(2,3)4;1-11-12(8-7-9-13(11)15)10-16-17(5,6)14(2,3)4/h7-8H,9,16H2,1-6H3;7-9H,10,15H2,1-6H3. The minimum absolute atomic E-state index is 0.221. The van der Waals surface area contributed by atoms with Gasteiger partial charge in [0.1, 0.15) is 0 Å². The highest BCUT2D eigenvalue weighted by molar-refractivity contribution is 6.74. The molecule has 2 rings (SSSR count). The molecular weight excluding hydrogens is 488 g/mol. The third-order valence-corrected chi connectivity index (χ3v) is 17.1. The summed E-state index contributed by atoms with van der Waals surface area (Å²) in [4.78, 5) is 0. The van der Waals surface area contributed by atoms with E-state index in [1.165, 1.54) is 5.56 Å². The Balaban J connectivity index is 0.000000351. The number of nitrogen functional groups attached to an aromatic ring is 2. The molecule has 0 aliphatic rings. The lowest BCUT2D eigenvalue weighted by Crippen LogP contribution is -2.40. The van der Waals surface area contributed by atoms with Crippen LogP contribution < -0.4 is 11.5 Å². The first-order valence-electron chi connectivity index (χ1n) is 12.4. The van der Waals surface area contributed by atoms with Crippen LogP contribution >= 0.6 is 11.6 Å². The zero-order chi connectivity index (χ0) is 27.4. The van der Waals surface area contributed by atoms with Crippen LogP contribution in [0.25, 0.3) is 0 Å². The monoisotopic (exact) mass is 536 g/mol. The second kappa shape index (κ2) is 11.8. The minimum atomic E-state index is -1.72. The van der Waals surface area contributed by atoms with Gasteiger partial charge in [-0.3, -0.25) is 0 Å². The van der Waals surface area contributed by atoms with Crippen molar-refractivity contribution in [2.45, 2.75) is 105 Å². The molecule has 4 nitrogen and oxygen atoms in total. The van der Waals surface area contributed by atoms with E-state index < -0.39 is 16.6 Å². The van der Waals surface area contributed by atoms with Gasteiger partial charge in [0.2, 0.25) is 0 Å². The van der Waals surface area contributed by atoms with Crippen LogP contribution in [0.4, 0.5) is 11.4 Å². The van der Waals surface area contributed by atoms with Crippen molar-refractivity contribution in [1.82, 2.24) is 0 Å². The summed E-state index contributed by atoms with van der Waals surface area (Å²) >= 11 is 5.99. The molecule has 0 saturated carbocycles. The lowest BCUT2D eigenvalue weighted by molar-refractivity contribution is 0.275. The molecule has 4 N–H and O–H groups in total. The molecule has 0 unspecified atom stereocenters. The largest absolute Gasteiger partial charge is 0.413 e. The van der Waals surface area contributed by atoms with Crippen LogP contribution in [-0.4, -0.2) is 16.6 Å². The molecule has 7 heteroatoms. The van der Waals surface area contributed by atoms with Crippen LogP contribution in [0.2, 0.25) is 41.3 Å². The average molecular weight is 537 g/mol. The number of rotatable bonds is 6. The summed E-state index contributed by atoms with van der Waals surface area (Å²) in [5.74, 6) is 0. The first-order chi connectivity index (χ1) is 15.7. The van der Waals surface area contributed by atoms with Gasteiger partial charge < -0.3 is 20.3 Å². The fraction of sp³-hybridized carbons (Fsp3) is 0.571. The number of hydrogen-bond acceptors (Lipinski definition) is 4. The fourth-order valence-electron chi connectivity index (χ4n) is 2.71. The van der Waals surface area contributed by atoms with E-state index in [1.807, 2.05) is 31.2 Å². The van der Waals surface area contributed by atoms with Gasteiger partial charge in [-0.15, -0.1) is 0 Å². The maximum absolute atomic E-state index is 6.20. The van der Waals surface area contributed by atoms with Gasteiger partial charge in [-0.2, -0.15) is 0 Å². The summed E-state index contributed by atoms with van der Waals surface area (Å²) in [5, 5.41) is 1.09. The zero-order valence-corrected chi connectivity index (χ0v) is 26.9. The molecule has 0 bridgehead atoms. The van der Waals surface area contributed by atoms with Crippen LogP contribution in [0, 0.1) is 13.8 Å². The van der Waals surface area contributed by atoms with Crippen molar-refractivity contribution in [3.8, 4) is 0 Å². The zero-order valence-electron chi connectivity index (χ0n) is 24.2. The molecule has 2 aromatic carbocycles. The van der Waals surface area contributed by atoms with Gasteiger partial charge in [0.25, 0.3) is 0 Å². The molecule has 0 heterocycles. The second-order valence-corrected chi connectivity index (χ2v) is 22.5. The van der Waals surface area contributed by atoms with E-state index in [4.69, 9.17) is 31.9 Å². The summed E-state index contributed by atoms with van der Waals surface area (Å²) < 4.78 is 12.4. The van der Waals surface area contributed by atoms with Gasteiger partial charge >= 0.3 is 0 Å². The highest BCUT2D eigenvalue weighted by atomic mass is 35.5. The van der Waals surface area contributed by atoms with Crippen molar-refractivity contribution in [3.63, 3.8) is 0 Å². The lowest BCUT2D eigenvalue weighted by Gasteiger charge is -2.36. The SMILES string of the molecule is Cc1c(CO[Si](C)(C)C(C)(C)C)ccc(Cl)c1N.Cc1c(N)cccc1CO[Si](C)(C)C(C)(C)C. The van der Waals surface area contributed by atoms with Crippen molar-refractivity contribution in [1.29, 1.82) is 0 Å². The molecule has 0 amide bonds. The van der Waals surface area contributed by atoms with E-state index in [0.29, 0.717) is 23.9 Å². The number of nitrogens with two attached hydrogens (primary N) is 2. The topological polar surface area (TPSA) is 70.5 Å². The fourth-order valence-corrected chi connectivity index (χ4v) is 4.81. The highest BCUT2D eigenvalue weighted by Gasteiger charge is 2.38. The van der Waals surface area contributed by atoms with Crippen LogP contribution in [0.15, 0.2) is 30.3 Å². The molecular formula is C28H49ClN2O2Si2. The van der Waals surface area contributed by atoms with Gasteiger partial charge in [0.05, 0.1) is 23.9 Å². The molecule has 0 aromatic heterocycles. The van der Waals surface area contributed by atoms with Crippen molar-refractivity contribution >= 4 is 39.6 Å². The molecule has 198 valence electrons. The quantitative estimate of drug-likeness (QED) is 0.285. The van der Waals surface area contributed by atoms with E-state index in [9.17, 15) is 0 Å². The Morgan fingerprint density at radius 2 is 1.14 bits per heavy atom. The van der Waals surface area contributed by atoms with E-state index in [0.717, 1.165) is 22.4 Å². The Morgan fingerprint density at radius 3 is 1.57 bits per heavy atom. The molecule has 0 aliphatic carbocycles. The summed E-state index contributed by atoms with van der Waals surface area (Å²) in [6.45, 7) is 27.9. The number of anilines is 2. The van der Waals surface area contributed by atoms with Crippen molar-refractivity contribution in [3.05, 3.63) is 57.6 Å². The minimum Gasteiger partial charge on any atom is -0.413 e. The molecule has 0 fully saturated rings. The van der Waals surface area contributed by atoms with Crippen LogP contribution in [0.5, 0.6) is 0 Å². The molecule has 0 radical (unpaired) electrons. The highest BCUT2D eigenvalue weighted by Crippen LogP contribution is 2.38. The molecule has 0 atom stereocenters. The average Bonchev–Trinajstić information content (AvgIpc) is 2.71. The predicted molar refractivity (Wildman–Crippen MR) is 160 cm³/mol. The Labute approximate surface area is 222 Å². The first kappa shape index (κ1) is 31.7. The Morgan fingerprint density at radius 1 is 0.714 bits per heavy atom. The van der Waals surface area contributed by atoms with Crippen molar-refractivity contribution < 1.29 is 8.85 Å². The van der Waals surface area contributed by atoms with Gasteiger partial charge in [0, 0.05) is 5.69 Å². The van der Waals surface area contributed by atoms with Crippen LogP contribution in [0.3, 0.4) is 0 Å². The van der Waals surface area contributed by atoms with E-state index in [-0.39, 0.29) is 10.1 Å². The Hall–Kier alpha value is -1.32. The van der Waals surface area contributed by atoms with E-state index in [2.05, 4.69) is 80.7 Å². The summed E-state index contributed by atoms with van der Waals surface area (Å²) in [6, 6.07) is 9.87. The third kappa shape index (κ3) is 8.64. The second-order valence-electron chi connectivity index (χ2n) is 12.5. The van der Waals surface area contributed by atoms with Crippen LogP contribution in [-0.2, 0) is 22.1 Å². The summed E-state index contributed by atoms with van der Waals surface area (Å²) in [6.07, 6.45) is 0. The smallest absolute Gasteiger partial charge is 0.192 e. The number of benzene rings is 2. The summed E-state index contributed by atoms with van der Waals surface area (Å²) in [5.41, 5.74) is 17.8. The van der Waals surface area contributed by atoms with Gasteiger partial charge in [-0.25, -0.2) is 0 Å². The van der Waals surface area contributed by atoms with Gasteiger partial charge in [-0.05, 0) is 84.5 Å². The molecule has 35 heavy (non-hydrogen) atoms. The first-order valence-corrected chi connectivity index (χ1v) is 18.6. The number of halogens is 1. The summed E-state index contributed by atoms with van der Waals surface area (Å²) in [7, 11) is -3.38. The van der Waals surface area contributed by atoms with Gasteiger partial charge in [0.15, 0.2) is 16.6 Å². The van der Waals surface area contributed by atoms with E-state index >= 15 is 0 Å². The molecule has 2 aromatic rings. The van der Waals surface area contributed by atoms with Gasteiger partial charge in [-0.1, -0.05) is 71.3 Å². The van der Waals surface area contributed by atoms with Crippen molar-refractivity contribution in [2.75, 3.05) is 11.5 Å².